The zero-order valence-corrected chi connectivity index (χ0v) is 12.9. The highest BCUT2D eigenvalue weighted by atomic mass is 32.1. The second-order valence-corrected chi connectivity index (χ2v) is 7.02. The quantitative estimate of drug-likeness (QED) is 0.897. The molecular formula is C15H20N2O3S. The second kappa shape index (κ2) is 5.77. The van der Waals surface area contributed by atoms with Gasteiger partial charge in [-0.15, -0.1) is 11.3 Å². The van der Waals surface area contributed by atoms with E-state index in [2.05, 4.69) is 12.2 Å². The molecule has 0 radical (unpaired) electrons. The molecule has 114 valence electrons. The average Bonchev–Trinajstić information content (AvgIpc) is 3.04. The van der Waals surface area contributed by atoms with Crippen LogP contribution in [-0.2, 0) is 22.4 Å². The summed E-state index contributed by atoms with van der Waals surface area (Å²) in [6.07, 6.45) is 4.11. The Labute approximate surface area is 127 Å². The maximum Gasteiger partial charge on any atom is 0.254 e. The summed E-state index contributed by atoms with van der Waals surface area (Å²) in [6, 6.07) is 0. The van der Waals surface area contributed by atoms with Crippen LogP contribution >= 0.6 is 11.3 Å². The molecule has 6 heteroatoms. The van der Waals surface area contributed by atoms with Gasteiger partial charge in [0.2, 0.25) is 0 Å². The molecule has 1 fully saturated rings. The van der Waals surface area contributed by atoms with Gasteiger partial charge in [0.1, 0.15) is 11.1 Å². The van der Waals surface area contributed by atoms with Crippen molar-refractivity contribution >= 4 is 28.2 Å². The van der Waals surface area contributed by atoms with Gasteiger partial charge in [-0.25, -0.2) is 0 Å². The lowest BCUT2D eigenvalue weighted by Crippen LogP contribution is -2.27. The lowest BCUT2D eigenvalue weighted by Gasteiger charge is -2.18. The van der Waals surface area contributed by atoms with Crippen LogP contribution in [0.3, 0.4) is 0 Å². The first-order valence-electron chi connectivity index (χ1n) is 7.43. The van der Waals surface area contributed by atoms with Crippen LogP contribution in [0, 0.1) is 5.92 Å². The van der Waals surface area contributed by atoms with E-state index in [9.17, 15) is 9.59 Å². The number of fused-ring (bicyclic) bond motifs is 1. The Bertz CT molecular complexity index is 576. The van der Waals surface area contributed by atoms with E-state index in [1.807, 2.05) is 0 Å². The minimum Gasteiger partial charge on any atom is -0.368 e. The normalized spacial score (nSPS) is 24.6. The summed E-state index contributed by atoms with van der Waals surface area (Å²) in [5, 5.41) is 3.46. The Morgan fingerprint density at radius 3 is 2.86 bits per heavy atom. The van der Waals surface area contributed by atoms with Gasteiger partial charge in [-0.1, -0.05) is 6.92 Å². The molecule has 21 heavy (non-hydrogen) atoms. The van der Waals surface area contributed by atoms with Crippen molar-refractivity contribution in [2.24, 2.45) is 11.7 Å². The summed E-state index contributed by atoms with van der Waals surface area (Å²) >= 11 is 1.49. The molecule has 1 aromatic rings. The van der Waals surface area contributed by atoms with E-state index >= 15 is 0 Å². The number of nitrogens with one attached hydrogen (secondary N) is 1. The van der Waals surface area contributed by atoms with Crippen LogP contribution in [0.4, 0.5) is 5.00 Å². The minimum absolute atomic E-state index is 0.165. The zero-order chi connectivity index (χ0) is 15.0. The summed E-state index contributed by atoms with van der Waals surface area (Å²) in [7, 11) is 0. The molecule has 3 rings (SSSR count). The van der Waals surface area contributed by atoms with Crippen LogP contribution in [0.2, 0.25) is 0 Å². The number of primary amides is 1. The number of thiophene rings is 1. The fourth-order valence-corrected chi connectivity index (χ4v) is 4.50. The van der Waals surface area contributed by atoms with Gasteiger partial charge in [-0.05, 0) is 43.6 Å². The van der Waals surface area contributed by atoms with Crippen molar-refractivity contribution in [2.75, 3.05) is 11.9 Å². The molecule has 1 aromatic heterocycles. The summed E-state index contributed by atoms with van der Waals surface area (Å²) in [5.41, 5.74) is 7.08. The average molecular weight is 308 g/mol. The first-order chi connectivity index (χ1) is 10.1. The van der Waals surface area contributed by atoms with Crippen LogP contribution in [0.1, 0.15) is 47.0 Å². The van der Waals surface area contributed by atoms with Crippen molar-refractivity contribution in [3.05, 3.63) is 16.0 Å². The molecule has 0 bridgehead atoms. The number of rotatable bonds is 3. The van der Waals surface area contributed by atoms with Gasteiger partial charge in [0, 0.05) is 11.5 Å². The largest absolute Gasteiger partial charge is 0.368 e. The maximum atomic E-state index is 12.2. The SMILES string of the molecule is C[C@@H]1CCc2c(sc(NC(=O)[C@H]3CCCO3)c2C(N)=O)C1. The van der Waals surface area contributed by atoms with Gasteiger partial charge >= 0.3 is 0 Å². The summed E-state index contributed by atoms with van der Waals surface area (Å²) in [6.45, 7) is 2.83. The van der Waals surface area contributed by atoms with E-state index in [4.69, 9.17) is 10.5 Å². The lowest BCUT2D eigenvalue weighted by molar-refractivity contribution is -0.124. The molecule has 1 aliphatic carbocycles. The number of carbonyl (C=O) groups excluding carboxylic acids is 2. The number of amides is 2. The van der Waals surface area contributed by atoms with Crippen molar-refractivity contribution in [2.45, 2.75) is 45.1 Å². The Morgan fingerprint density at radius 1 is 1.38 bits per heavy atom. The Balaban J connectivity index is 1.87. The van der Waals surface area contributed by atoms with Gasteiger partial charge in [0.05, 0.1) is 5.56 Å². The van der Waals surface area contributed by atoms with Gasteiger partial charge < -0.3 is 15.8 Å². The number of anilines is 1. The fraction of sp³-hybridized carbons (Fsp3) is 0.600. The van der Waals surface area contributed by atoms with Gasteiger partial charge in [0.25, 0.3) is 11.8 Å². The van der Waals surface area contributed by atoms with Crippen molar-refractivity contribution in [3.63, 3.8) is 0 Å². The molecule has 1 aliphatic heterocycles. The second-order valence-electron chi connectivity index (χ2n) is 5.91. The number of hydrogen-bond donors (Lipinski definition) is 2. The third-order valence-electron chi connectivity index (χ3n) is 4.22. The third-order valence-corrected chi connectivity index (χ3v) is 5.39. The first-order valence-corrected chi connectivity index (χ1v) is 8.24. The molecule has 2 heterocycles. The first kappa shape index (κ1) is 14.5. The standard InChI is InChI=1S/C15H20N2O3S/c1-8-4-5-9-11(7-8)21-15(12(9)13(16)18)17-14(19)10-3-2-6-20-10/h8,10H,2-7H2,1H3,(H2,16,18)(H,17,19)/t8-,10-/m1/s1. The van der Waals surface area contributed by atoms with Crippen molar-refractivity contribution < 1.29 is 14.3 Å². The lowest BCUT2D eigenvalue weighted by atomic mass is 9.88. The van der Waals surface area contributed by atoms with E-state index in [-0.39, 0.29) is 5.91 Å². The van der Waals surface area contributed by atoms with Crippen LogP contribution in [0.25, 0.3) is 0 Å². The number of hydrogen-bond acceptors (Lipinski definition) is 4. The number of nitrogens with two attached hydrogens (primary N) is 1. The number of ether oxygens (including phenoxy) is 1. The molecule has 2 amide bonds. The molecule has 0 spiro atoms. The van der Waals surface area contributed by atoms with Crippen LogP contribution < -0.4 is 11.1 Å². The zero-order valence-electron chi connectivity index (χ0n) is 12.1. The molecule has 5 nitrogen and oxygen atoms in total. The molecule has 0 aromatic carbocycles. The predicted octanol–water partition coefficient (Wildman–Crippen LogP) is 2.09. The van der Waals surface area contributed by atoms with Crippen molar-refractivity contribution in [1.29, 1.82) is 0 Å². The molecule has 0 saturated carbocycles. The van der Waals surface area contributed by atoms with Crippen LogP contribution in [0.5, 0.6) is 0 Å². The third kappa shape index (κ3) is 2.82. The topological polar surface area (TPSA) is 81.4 Å². The Kier molecular flexibility index (Phi) is 3.99. The summed E-state index contributed by atoms with van der Waals surface area (Å²) < 4.78 is 5.38. The van der Waals surface area contributed by atoms with Gasteiger partial charge in [0.15, 0.2) is 0 Å². The predicted molar refractivity (Wildman–Crippen MR) is 81.6 cm³/mol. The monoisotopic (exact) mass is 308 g/mol. The molecule has 2 aliphatic rings. The van der Waals surface area contributed by atoms with Crippen molar-refractivity contribution in [1.82, 2.24) is 0 Å². The van der Waals surface area contributed by atoms with Crippen LogP contribution in [-0.4, -0.2) is 24.5 Å². The highest BCUT2D eigenvalue weighted by Gasteiger charge is 2.29. The van der Waals surface area contributed by atoms with E-state index in [0.717, 1.165) is 37.7 Å². The van der Waals surface area contributed by atoms with E-state index < -0.39 is 12.0 Å². The highest BCUT2D eigenvalue weighted by Crippen LogP contribution is 2.39. The molecule has 3 N–H and O–H groups in total. The van der Waals surface area contributed by atoms with E-state index in [1.54, 1.807) is 0 Å². The van der Waals surface area contributed by atoms with Gasteiger partial charge in [-0.3, -0.25) is 9.59 Å². The summed E-state index contributed by atoms with van der Waals surface area (Å²) in [4.78, 5) is 25.2. The molecular weight excluding hydrogens is 288 g/mol. The van der Waals surface area contributed by atoms with E-state index in [0.29, 0.717) is 23.1 Å². The maximum absolute atomic E-state index is 12.2. The molecule has 0 unspecified atom stereocenters. The highest BCUT2D eigenvalue weighted by molar-refractivity contribution is 7.17. The Hall–Kier alpha value is -1.40. The fourth-order valence-electron chi connectivity index (χ4n) is 3.08. The molecule has 2 atom stereocenters. The van der Waals surface area contributed by atoms with Crippen molar-refractivity contribution in [3.8, 4) is 0 Å². The van der Waals surface area contributed by atoms with Gasteiger partial charge in [-0.2, -0.15) is 0 Å². The van der Waals surface area contributed by atoms with E-state index in [1.165, 1.54) is 16.2 Å². The smallest absolute Gasteiger partial charge is 0.254 e. The number of carbonyl (C=O) groups is 2. The minimum atomic E-state index is -0.454. The summed E-state index contributed by atoms with van der Waals surface area (Å²) in [5.74, 6) is -0.00932. The Morgan fingerprint density at radius 2 is 2.19 bits per heavy atom. The van der Waals surface area contributed by atoms with Crippen LogP contribution in [0.15, 0.2) is 0 Å². The molecule has 1 saturated heterocycles.